The maximum Gasteiger partial charge on any atom is 0.324 e. The summed E-state index contributed by atoms with van der Waals surface area (Å²) in [6.07, 6.45) is 3.36. The summed E-state index contributed by atoms with van der Waals surface area (Å²) >= 11 is 0. The van der Waals surface area contributed by atoms with Crippen LogP contribution >= 0.6 is 0 Å². The Bertz CT molecular complexity index is 355. The van der Waals surface area contributed by atoms with Gasteiger partial charge in [-0.15, -0.1) is 0 Å². The zero-order chi connectivity index (χ0) is 11.4. The Morgan fingerprint density at radius 3 is 2.62 bits per heavy atom. The van der Waals surface area contributed by atoms with Crippen LogP contribution in [0.4, 0.5) is 0 Å². The lowest BCUT2D eigenvalue weighted by molar-refractivity contribution is -0.146. The SMILES string of the molecule is O=C(O)C1(Cc2ccccc2)CCCCN1. The van der Waals surface area contributed by atoms with Gasteiger partial charge in [0.05, 0.1) is 0 Å². The first kappa shape index (κ1) is 11.1. The highest BCUT2D eigenvalue weighted by Gasteiger charge is 2.39. The number of piperidine rings is 1. The topological polar surface area (TPSA) is 49.3 Å². The molecule has 0 radical (unpaired) electrons. The molecule has 1 atom stereocenters. The monoisotopic (exact) mass is 219 g/mol. The van der Waals surface area contributed by atoms with Crippen LogP contribution in [0.25, 0.3) is 0 Å². The summed E-state index contributed by atoms with van der Waals surface area (Å²) in [5, 5.41) is 12.6. The maximum absolute atomic E-state index is 11.4. The van der Waals surface area contributed by atoms with Crippen molar-refractivity contribution in [1.82, 2.24) is 5.32 Å². The largest absolute Gasteiger partial charge is 0.480 e. The summed E-state index contributed by atoms with van der Waals surface area (Å²) in [6, 6.07) is 9.83. The van der Waals surface area contributed by atoms with E-state index >= 15 is 0 Å². The van der Waals surface area contributed by atoms with E-state index in [4.69, 9.17) is 0 Å². The van der Waals surface area contributed by atoms with E-state index in [9.17, 15) is 9.90 Å². The van der Waals surface area contributed by atoms with Crippen LogP contribution in [0.3, 0.4) is 0 Å². The Morgan fingerprint density at radius 1 is 1.31 bits per heavy atom. The van der Waals surface area contributed by atoms with Gasteiger partial charge in [0.1, 0.15) is 5.54 Å². The first-order valence-electron chi connectivity index (χ1n) is 5.75. The fourth-order valence-electron chi connectivity index (χ4n) is 2.32. The zero-order valence-electron chi connectivity index (χ0n) is 9.28. The quantitative estimate of drug-likeness (QED) is 0.815. The highest BCUT2D eigenvalue weighted by Crippen LogP contribution is 2.24. The van der Waals surface area contributed by atoms with E-state index in [1.54, 1.807) is 0 Å². The summed E-state index contributed by atoms with van der Waals surface area (Å²) in [7, 11) is 0. The number of aliphatic carboxylic acids is 1. The highest BCUT2D eigenvalue weighted by molar-refractivity contribution is 5.79. The summed E-state index contributed by atoms with van der Waals surface area (Å²) in [6.45, 7) is 0.805. The van der Waals surface area contributed by atoms with Gasteiger partial charge in [-0.3, -0.25) is 4.79 Å². The van der Waals surface area contributed by atoms with Gasteiger partial charge in [0, 0.05) is 6.42 Å². The van der Waals surface area contributed by atoms with Gasteiger partial charge in [-0.1, -0.05) is 30.3 Å². The average molecular weight is 219 g/mol. The van der Waals surface area contributed by atoms with Crippen LogP contribution < -0.4 is 5.32 Å². The molecule has 1 aromatic rings. The molecule has 1 fully saturated rings. The predicted molar refractivity (Wildman–Crippen MR) is 62.4 cm³/mol. The van der Waals surface area contributed by atoms with Gasteiger partial charge in [0.15, 0.2) is 0 Å². The van der Waals surface area contributed by atoms with Crippen molar-refractivity contribution in [1.29, 1.82) is 0 Å². The number of carboxylic acid groups (broad SMARTS) is 1. The Kier molecular flexibility index (Phi) is 3.25. The van der Waals surface area contributed by atoms with Crippen molar-refractivity contribution in [2.75, 3.05) is 6.54 Å². The van der Waals surface area contributed by atoms with Crippen LogP contribution in [-0.2, 0) is 11.2 Å². The molecule has 3 nitrogen and oxygen atoms in total. The molecular formula is C13H17NO2. The van der Waals surface area contributed by atoms with Crippen LogP contribution in [0, 0.1) is 0 Å². The molecule has 0 amide bonds. The van der Waals surface area contributed by atoms with Gasteiger partial charge in [0.2, 0.25) is 0 Å². The lowest BCUT2D eigenvalue weighted by atomic mass is 9.83. The average Bonchev–Trinajstić information content (AvgIpc) is 2.31. The van der Waals surface area contributed by atoms with Crippen molar-refractivity contribution < 1.29 is 9.90 Å². The zero-order valence-corrected chi connectivity index (χ0v) is 9.28. The molecule has 0 aliphatic carbocycles. The second-order valence-electron chi connectivity index (χ2n) is 4.43. The third-order valence-electron chi connectivity index (χ3n) is 3.25. The minimum Gasteiger partial charge on any atom is -0.480 e. The lowest BCUT2D eigenvalue weighted by Crippen LogP contribution is -2.56. The van der Waals surface area contributed by atoms with Crippen molar-refractivity contribution in [3.05, 3.63) is 35.9 Å². The van der Waals surface area contributed by atoms with Crippen LogP contribution in [0.1, 0.15) is 24.8 Å². The summed E-state index contributed by atoms with van der Waals surface area (Å²) in [5.41, 5.74) is 0.332. The fraction of sp³-hybridized carbons (Fsp3) is 0.462. The van der Waals surface area contributed by atoms with Crippen LogP contribution in [0.2, 0.25) is 0 Å². The number of hydrogen-bond acceptors (Lipinski definition) is 2. The number of rotatable bonds is 3. The molecular weight excluding hydrogens is 202 g/mol. The van der Waals surface area contributed by atoms with Crippen LogP contribution in [0.15, 0.2) is 30.3 Å². The van der Waals surface area contributed by atoms with Crippen molar-refractivity contribution in [2.24, 2.45) is 0 Å². The Balaban J connectivity index is 2.17. The molecule has 1 aromatic carbocycles. The van der Waals surface area contributed by atoms with E-state index in [1.165, 1.54) is 0 Å². The van der Waals surface area contributed by atoms with Crippen LogP contribution in [-0.4, -0.2) is 23.2 Å². The van der Waals surface area contributed by atoms with E-state index in [2.05, 4.69) is 5.32 Å². The minimum atomic E-state index is -0.750. The third kappa shape index (κ3) is 2.25. The summed E-state index contributed by atoms with van der Waals surface area (Å²) in [4.78, 5) is 11.4. The van der Waals surface area contributed by atoms with Gasteiger partial charge >= 0.3 is 5.97 Å². The Hall–Kier alpha value is -1.35. The predicted octanol–water partition coefficient (Wildman–Crippen LogP) is 1.83. The van der Waals surface area contributed by atoms with Gasteiger partial charge in [-0.2, -0.15) is 0 Å². The molecule has 0 saturated carbocycles. The molecule has 0 aromatic heterocycles. The van der Waals surface area contributed by atoms with E-state index in [1.807, 2.05) is 30.3 Å². The van der Waals surface area contributed by atoms with Crippen molar-refractivity contribution in [2.45, 2.75) is 31.2 Å². The second kappa shape index (κ2) is 4.66. The molecule has 1 saturated heterocycles. The highest BCUT2D eigenvalue weighted by atomic mass is 16.4. The summed E-state index contributed by atoms with van der Waals surface area (Å²) < 4.78 is 0. The maximum atomic E-state index is 11.4. The molecule has 86 valence electrons. The number of hydrogen-bond donors (Lipinski definition) is 2. The number of benzene rings is 1. The molecule has 2 rings (SSSR count). The van der Waals surface area contributed by atoms with Gasteiger partial charge in [-0.25, -0.2) is 0 Å². The Labute approximate surface area is 95.5 Å². The van der Waals surface area contributed by atoms with E-state index in [-0.39, 0.29) is 0 Å². The minimum absolute atomic E-state index is 0.573. The fourth-order valence-corrected chi connectivity index (χ4v) is 2.32. The smallest absolute Gasteiger partial charge is 0.324 e. The third-order valence-corrected chi connectivity index (χ3v) is 3.25. The van der Waals surface area contributed by atoms with Crippen molar-refractivity contribution >= 4 is 5.97 Å². The van der Waals surface area contributed by atoms with Gasteiger partial charge in [0.25, 0.3) is 0 Å². The normalized spacial score (nSPS) is 25.2. The van der Waals surface area contributed by atoms with E-state index in [0.29, 0.717) is 6.42 Å². The molecule has 1 aliphatic rings. The molecule has 0 spiro atoms. The van der Waals surface area contributed by atoms with Gasteiger partial charge < -0.3 is 10.4 Å². The number of nitrogens with one attached hydrogen (secondary N) is 1. The molecule has 1 heterocycles. The van der Waals surface area contributed by atoms with E-state index in [0.717, 1.165) is 31.4 Å². The molecule has 16 heavy (non-hydrogen) atoms. The molecule has 0 bridgehead atoms. The summed E-state index contributed by atoms with van der Waals surface area (Å²) in [5.74, 6) is -0.726. The first-order valence-corrected chi connectivity index (χ1v) is 5.75. The number of carboxylic acids is 1. The molecule has 1 aliphatic heterocycles. The van der Waals surface area contributed by atoms with Crippen LogP contribution in [0.5, 0.6) is 0 Å². The molecule has 1 unspecified atom stereocenters. The molecule has 2 N–H and O–H groups in total. The number of carbonyl (C=O) groups is 1. The lowest BCUT2D eigenvalue weighted by Gasteiger charge is -2.34. The van der Waals surface area contributed by atoms with Crippen molar-refractivity contribution in [3.8, 4) is 0 Å². The second-order valence-corrected chi connectivity index (χ2v) is 4.43. The van der Waals surface area contributed by atoms with Gasteiger partial charge in [-0.05, 0) is 31.4 Å². The Morgan fingerprint density at radius 2 is 2.06 bits per heavy atom. The first-order chi connectivity index (χ1) is 7.73. The van der Waals surface area contributed by atoms with Crippen molar-refractivity contribution in [3.63, 3.8) is 0 Å². The van der Waals surface area contributed by atoms with E-state index < -0.39 is 11.5 Å². The standard InChI is InChI=1S/C13H17NO2/c15-12(16)13(8-4-5-9-14-13)10-11-6-2-1-3-7-11/h1-3,6-7,14H,4-5,8-10H2,(H,15,16). The molecule has 3 heteroatoms.